The summed E-state index contributed by atoms with van der Waals surface area (Å²) in [4.78, 5) is 28.5. The minimum Gasteiger partial charge on any atom is -0.336 e. The Labute approximate surface area is 141 Å². The van der Waals surface area contributed by atoms with Gasteiger partial charge in [-0.25, -0.2) is 0 Å². The van der Waals surface area contributed by atoms with Gasteiger partial charge in [-0.3, -0.25) is 14.3 Å². The van der Waals surface area contributed by atoms with Gasteiger partial charge < -0.3 is 9.80 Å². The number of piperidine rings is 1. The molecule has 126 valence electrons. The van der Waals surface area contributed by atoms with E-state index in [1.54, 1.807) is 23.6 Å². The van der Waals surface area contributed by atoms with Gasteiger partial charge in [0, 0.05) is 25.4 Å². The maximum Gasteiger partial charge on any atom is 0.246 e. The summed E-state index contributed by atoms with van der Waals surface area (Å²) < 4.78 is 1.93. The predicted octanol–water partition coefficient (Wildman–Crippen LogP) is 1.49. The lowest BCUT2D eigenvalue weighted by molar-refractivity contribution is -0.145. The van der Waals surface area contributed by atoms with Crippen LogP contribution in [0.3, 0.4) is 0 Å². The third-order valence-corrected chi connectivity index (χ3v) is 5.65. The molecule has 2 saturated heterocycles. The van der Waals surface area contributed by atoms with Crippen LogP contribution in [0, 0.1) is 6.92 Å². The first-order chi connectivity index (χ1) is 11.1. The van der Waals surface area contributed by atoms with Crippen LogP contribution in [0.4, 0.5) is 0 Å². The molecule has 2 fully saturated rings. The van der Waals surface area contributed by atoms with Gasteiger partial charge in [-0.05, 0) is 31.7 Å². The van der Waals surface area contributed by atoms with E-state index >= 15 is 0 Å². The second kappa shape index (κ2) is 6.95. The van der Waals surface area contributed by atoms with E-state index in [2.05, 4.69) is 5.10 Å². The van der Waals surface area contributed by atoms with Gasteiger partial charge in [0.05, 0.1) is 24.7 Å². The van der Waals surface area contributed by atoms with E-state index in [0.29, 0.717) is 11.6 Å². The molecule has 2 atom stereocenters. The molecule has 0 N–H and O–H groups in total. The lowest BCUT2D eigenvalue weighted by Gasteiger charge is -2.38. The summed E-state index contributed by atoms with van der Waals surface area (Å²) in [6.07, 6.45) is 7.06. The summed E-state index contributed by atoms with van der Waals surface area (Å²) >= 11 is 1.66. The van der Waals surface area contributed by atoms with Gasteiger partial charge in [0.15, 0.2) is 0 Å². The fourth-order valence-corrected chi connectivity index (χ4v) is 4.62. The number of nitrogens with zero attached hydrogens (tertiary/aromatic N) is 4. The Kier molecular flexibility index (Phi) is 4.94. The molecule has 2 amide bonds. The minimum absolute atomic E-state index is 0.00962. The average Bonchev–Trinajstić information content (AvgIpc) is 3.16. The molecule has 0 aromatic carbocycles. The first-order valence-electron chi connectivity index (χ1n) is 8.21. The molecular weight excluding hydrogens is 312 g/mol. The van der Waals surface area contributed by atoms with E-state index in [0.717, 1.165) is 37.9 Å². The number of aromatic nitrogens is 2. The molecule has 6 nitrogen and oxygen atoms in total. The van der Waals surface area contributed by atoms with E-state index in [-0.39, 0.29) is 23.9 Å². The zero-order chi connectivity index (χ0) is 16.4. The third kappa shape index (κ3) is 3.54. The van der Waals surface area contributed by atoms with Crippen molar-refractivity contribution in [2.24, 2.45) is 0 Å². The number of thioether (sulfide) groups is 1. The molecule has 1 aromatic rings. The summed E-state index contributed by atoms with van der Waals surface area (Å²) in [5.41, 5.74) is 1.13. The zero-order valence-electron chi connectivity index (χ0n) is 13.8. The minimum atomic E-state index is -0.294. The third-order valence-electron chi connectivity index (χ3n) is 4.64. The zero-order valence-corrected chi connectivity index (χ0v) is 14.6. The van der Waals surface area contributed by atoms with Crippen molar-refractivity contribution in [1.82, 2.24) is 19.6 Å². The van der Waals surface area contributed by atoms with Gasteiger partial charge in [-0.15, -0.1) is 11.8 Å². The van der Waals surface area contributed by atoms with E-state index in [1.165, 1.54) is 0 Å². The monoisotopic (exact) mass is 336 g/mol. The Balaban J connectivity index is 1.72. The van der Waals surface area contributed by atoms with Crippen molar-refractivity contribution in [2.45, 2.75) is 51.7 Å². The summed E-state index contributed by atoms with van der Waals surface area (Å²) in [5, 5.41) is 4.35. The molecule has 0 aliphatic carbocycles. The maximum absolute atomic E-state index is 13.0. The molecule has 3 heterocycles. The number of amides is 2. The van der Waals surface area contributed by atoms with Crippen molar-refractivity contribution in [3.63, 3.8) is 0 Å². The Hall–Kier alpha value is -1.50. The number of rotatable bonds is 3. The van der Waals surface area contributed by atoms with Gasteiger partial charge in [-0.1, -0.05) is 0 Å². The van der Waals surface area contributed by atoms with Crippen LogP contribution < -0.4 is 0 Å². The fraction of sp³-hybridized carbons (Fsp3) is 0.688. The second-order valence-electron chi connectivity index (χ2n) is 6.43. The van der Waals surface area contributed by atoms with Crippen molar-refractivity contribution in [3.8, 4) is 0 Å². The first-order valence-corrected chi connectivity index (χ1v) is 9.36. The van der Waals surface area contributed by atoms with E-state index in [1.807, 2.05) is 28.9 Å². The van der Waals surface area contributed by atoms with Gasteiger partial charge >= 0.3 is 0 Å². The molecule has 0 spiro atoms. The quantitative estimate of drug-likeness (QED) is 0.839. The summed E-state index contributed by atoms with van der Waals surface area (Å²) in [6.45, 7) is 5.09. The molecule has 23 heavy (non-hydrogen) atoms. The van der Waals surface area contributed by atoms with Gasteiger partial charge in [0.1, 0.15) is 6.04 Å². The van der Waals surface area contributed by atoms with Crippen LogP contribution in [-0.4, -0.2) is 61.7 Å². The molecule has 2 aliphatic rings. The Morgan fingerprint density at radius 1 is 1.35 bits per heavy atom. The van der Waals surface area contributed by atoms with E-state index < -0.39 is 0 Å². The van der Waals surface area contributed by atoms with Crippen molar-refractivity contribution in [3.05, 3.63) is 18.0 Å². The van der Waals surface area contributed by atoms with Crippen LogP contribution in [0.15, 0.2) is 12.4 Å². The van der Waals surface area contributed by atoms with Crippen LogP contribution in [0.2, 0.25) is 0 Å². The van der Waals surface area contributed by atoms with Crippen molar-refractivity contribution < 1.29 is 9.59 Å². The van der Waals surface area contributed by atoms with Crippen LogP contribution in [0.5, 0.6) is 0 Å². The first kappa shape index (κ1) is 16.4. The lowest BCUT2D eigenvalue weighted by Crippen LogP contribution is -2.54. The average molecular weight is 336 g/mol. The molecule has 0 saturated carbocycles. The SMILES string of the molecule is CC(=O)N1CSCC1C(=O)N1CCCCC1Cn1cc(C)cn1. The van der Waals surface area contributed by atoms with Crippen LogP contribution in [0.1, 0.15) is 31.7 Å². The van der Waals surface area contributed by atoms with Crippen LogP contribution >= 0.6 is 11.8 Å². The number of likely N-dealkylation sites (tertiary alicyclic amines) is 1. The van der Waals surface area contributed by atoms with Gasteiger partial charge in [-0.2, -0.15) is 5.10 Å². The number of hydrogen-bond acceptors (Lipinski definition) is 4. The van der Waals surface area contributed by atoms with Crippen LogP contribution in [-0.2, 0) is 16.1 Å². The molecule has 2 aliphatic heterocycles. The van der Waals surface area contributed by atoms with Crippen molar-refractivity contribution >= 4 is 23.6 Å². The highest BCUT2D eigenvalue weighted by Gasteiger charge is 2.38. The Morgan fingerprint density at radius 3 is 2.87 bits per heavy atom. The standard InChI is InChI=1S/C16H24N4O2S/c1-12-7-17-18(8-12)9-14-5-3-4-6-19(14)16(22)15-10-23-11-20(15)13(2)21/h7-8,14-15H,3-6,9-11H2,1-2H3. The number of hydrogen-bond donors (Lipinski definition) is 0. The molecule has 7 heteroatoms. The molecular formula is C16H24N4O2S. The highest BCUT2D eigenvalue weighted by molar-refractivity contribution is 7.99. The summed E-state index contributed by atoms with van der Waals surface area (Å²) in [6, 6.07) is -0.118. The highest BCUT2D eigenvalue weighted by atomic mass is 32.2. The van der Waals surface area contributed by atoms with Crippen LogP contribution in [0.25, 0.3) is 0 Å². The molecule has 1 aromatic heterocycles. The predicted molar refractivity (Wildman–Crippen MR) is 89.9 cm³/mol. The van der Waals surface area contributed by atoms with Gasteiger partial charge in [0.2, 0.25) is 11.8 Å². The number of aryl methyl sites for hydroxylation is 1. The molecule has 3 rings (SSSR count). The van der Waals surface area contributed by atoms with Crippen molar-refractivity contribution in [1.29, 1.82) is 0 Å². The largest absolute Gasteiger partial charge is 0.336 e. The molecule has 0 radical (unpaired) electrons. The topological polar surface area (TPSA) is 58.4 Å². The van der Waals surface area contributed by atoms with Gasteiger partial charge in [0.25, 0.3) is 0 Å². The molecule has 2 unspecified atom stereocenters. The normalized spacial score (nSPS) is 25.0. The number of carbonyl (C=O) groups excluding carboxylic acids is 2. The molecule has 0 bridgehead atoms. The number of carbonyl (C=O) groups is 2. The smallest absolute Gasteiger partial charge is 0.246 e. The Morgan fingerprint density at radius 2 is 2.17 bits per heavy atom. The van der Waals surface area contributed by atoms with Crippen molar-refractivity contribution in [2.75, 3.05) is 18.2 Å². The lowest BCUT2D eigenvalue weighted by atomic mass is 10.0. The summed E-state index contributed by atoms with van der Waals surface area (Å²) in [5.74, 6) is 1.44. The Bertz CT molecular complexity index is 588. The maximum atomic E-state index is 13.0. The fourth-order valence-electron chi connectivity index (χ4n) is 3.41. The second-order valence-corrected chi connectivity index (χ2v) is 7.43. The highest BCUT2D eigenvalue weighted by Crippen LogP contribution is 2.26. The summed E-state index contributed by atoms with van der Waals surface area (Å²) in [7, 11) is 0. The van der Waals surface area contributed by atoms with E-state index in [9.17, 15) is 9.59 Å². The van der Waals surface area contributed by atoms with E-state index in [4.69, 9.17) is 0 Å².